The smallest absolute Gasteiger partial charge is 0.326 e. The fourth-order valence-electron chi connectivity index (χ4n) is 2.23. The number of carboxylic acid groups (broad SMARTS) is 1. The van der Waals surface area contributed by atoms with E-state index in [-0.39, 0.29) is 18.7 Å². The highest BCUT2D eigenvalue weighted by Gasteiger charge is 2.20. The van der Waals surface area contributed by atoms with Crippen LogP contribution >= 0.6 is 0 Å². The van der Waals surface area contributed by atoms with E-state index in [2.05, 4.69) is 5.32 Å². The minimum atomic E-state index is -1.10. The van der Waals surface area contributed by atoms with Crippen LogP contribution < -0.4 is 5.32 Å². The number of amides is 1. The second-order valence-electron chi connectivity index (χ2n) is 5.14. The number of carboxylic acids is 1. The van der Waals surface area contributed by atoms with Crippen molar-refractivity contribution in [2.45, 2.75) is 18.9 Å². The summed E-state index contributed by atoms with van der Waals surface area (Å²) in [4.78, 5) is 23.4. The third kappa shape index (κ3) is 4.97. The van der Waals surface area contributed by atoms with Crippen molar-refractivity contribution in [2.75, 3.05) is 0 Å². The summed E-state index contributed by atoms with van der Waals surface area (Å²) in [6, 6.07) is 16.8. The van der Waals surface area contributed by atoms with Gasteiger partial charge in [-0.1, -0.05) is 42.5 Å². The fraction of sp³-hybridized carbons (Fsp3) is 0.167. The van der Waals surface area contributed by atoms with Gasteiger partial charge < -0.3 is 10.4 Å². The number of rotatable bonds is 6. The van der Waals surface area contributed by atoms with Crippen molar-refractivity contribution >= 4 is 11.9 Å². The van der Waals surface area contributed by atoms with Gasteiger partial charge in [0.05, 0.1) is 18.1 Å². The van der Waals surface area contributed by atoms with Gasteiger partial charge in [-0.2, -0.15) is 5.26 Å². The number of aliphatic carboxylic acids is 1. The highest BCUT2D eigenvalue weighted by molar-refractivity contribution is 5.85. The Balaban J connectivity index is 2.02. The van der Waals surface area contributed by atoms with E-state index in [0.29, 0.717) is 11.1 Å². The number of carbonyl (C=O) groups excluding carboxylic acids is 1. The first-order chi connectivity index (χ1) is 11.1. The number of nitrogens with zero attached hydrogens (tertiary/aromatic N) is 1. The lowest BCUT2D eigenvalue weighted by atomic mass is 10.0. The van der Waals surface area contributed by atoms with Gasteiger partial charge in [0.25, 0.3) is 0 Å². The summed E-state index contributed by atoms with van der Waals surface area (Å²) in [5.41, 5.74) is 1.97. The quantitative estimate of drug-likeness (QED) is 0.853. The van der Waals surface area contributed by atoms with Crippen molar-refractivity contribution in [2.24, 2.45) is 0 Å². The predicted octanol–water partition coefficient (Wildman–Crippen LogP) is 1.91. The van der Waals surface area contributed by atoms with Crippen LogP contribution in [-0.4, -0.2) is 23.0 Å². The molecule has 0 spiro atoms. The maximum absolute atomic E-state index is 12.0. The molecule has 0 aromatic heterocycles. The zero-order valence-corrected chi connectivity index (χ0v) is 12.4. The summed E-state index contributed by atoms with van der Waals surface area (Å²) in [6.07, 6.45) is 0.258. The van der Waals surface area contributed by atoms with Gasteiger partial charge in [0.2, 0.25) is 5.91 Å². The molecule has 0 heterocycles. The fourth-order valence-corrected chi connectivity index (χ4v) is 2.23. The molecule has 2 rings (SSSR count). The van der Waals surface area contributed by atoms with E-state index in [9.17, 15) is 14.7 Å². The standard InChI is InChI=1S/C18H16N2O3/c19-12-15-8-4-7-14(9-15)10-16(18(22)23)20-17(21)11-13-5-2-1-3-6-13/h1-9,16H,10-11H2,(H,20,21)(H,22,23)/t16-/m1/s1. The van der Waals surface area contributed by atoms with Crippen molar-refractivity contribution in [1.82, 2.24) is 5.32 Å². The van der Waals surface area contributed by atoms with Gasteiger partial charge in [0.15, 0.2) is 0 Å². The average Bonchev–Trinajstić information content (AvgIpc) is 2.55. The van der Waals surface area contributed by atoms with Gasteiger partial charge in [0.1, 0.15) is 6.04 Å². The van der Waals surface area contributed by atoms with E-state index in [1.807, 2.05) is 36.4 Å². The Hall–Kier alpha value is -3.13. The first-order valence-electron chi connectivity index (χ1n) is 7.13. The van der Waals surface area contributed by atoms with Gasteiger partial charge >= 0.3 is 5.97 Å². The molecule has 2 aromatic carbocycles. The third-order valence-corrected chi connectivity index (χ3v) is 3.34. The number of benzene rings is 2. The number of hydrogen-bond acceptors (Lipinski definition) is 3. The Bertz CT molecular complexity index is 735. The molecule has 0 fully saturated rings. The lowest BCUT2D eigenvalue weighted by molar-refractivity contribution is -0.141. The van der Waals surface area contributed by atoms with Crippen molar-refractivity contribution in [3.05, 3.63) is 71.3 Å². The topological polar surface area (TPSA) is 90.2 Å². The highest BCUT2D eigenvalue weighted by Crippen LogP contribution is 2.08. The molecule has 0 bridgehead atoms. The van der Waals surface area contributed by atoms with Crippen LogP contribution in [-0.2, 0) is 22.4 Å². The molecule has 0 saturated carbocycles. The van der Waals surface area contributed by atoms with Crippen LogP contribution in [0.2, 0.25) is 0 Å². The molecule has 1 atom stereocenters. The third-order valence-electron chi connectivity index (χ3n) is 3.34. The van der Waals surface area contributed by atoms with Gasteiger partial charge in [-0.3, -0.25) is 4.79 Å². The maximum Gasteiger partial charge on any atom is 0.326 e. The largest absolute Gasteiger partial charge is 0.480 e. The molecule has 0 aliphatic heterocycles. The van der Waals surface area contributed by atoms with E-state index in [1.165, 1.54) is 0 Å². The Kier molecular flexibility index (Phi) is 5.48. The summed E-state index contributed by atoms with van der Waals surface area (Å²) in [5, 5.41) is 20.7. The normalized spacial score (nSPS) is 11.3. The Morgan fingerprint density at radius 2 is 1.78 bits per heavy atom. The first-order valence-corrected chi connectivity index (χ1v) is 7.13. The van der Waals surface area contributed by atoms with Gasteiger partial charge in [-0.05, 0) is 23.3 Å². The monoisotopic (exact) mass is 308 g/mol. The molecule has 1 amide bonds. The SMILES string of the molecule is N#Cc1cccc(C[C@@H](NC(=O)Cc2ccccc2)C(=O)O)c1. The number of carbonyl (C=O) groups is 2. The molecule has 0 unspecified atom stereocenters. The van der Waals surface area contributed by atoms with E-state index < -0.39 is 12.0 Å². The second kappa shape index (κ2) is 7.76. The van der Waals surface area contributed by atoms with Crippen molar-refractivity contribution in [3.63, 3.8) is 0 Å². The molecule has 0 aliphatic rings. The van der Waals surface area contributed by atoms with Crippen molar-refractivity contribution < 1.29 is 14.7 Å². The van der Waals surface area contributed by atoms with Gasteiger partial charge in [0, 0.05) is 6.42 Å². The Morgan fingerprint density at radius 1 is 1.09 bits per heavy atom. The Labute approximate surface area is 134 Å². The molecule has 23 heavy (non-hydrogen) atoms. The van der Waals surface area contributed by atoms with Gasteiger partial charge in [-0.25, -0.2) is 4.79 Å². The first kappa shape index (κ1) is 16.2. The predicted molar refractivity (Wildman–Crippen MR) is 84.6 cm³/mol. The molecular formula is C18H16N2O3. The summed E-state index contributed by atoms with van der Waals surface area (Å²) in [7, 11) is 0. The average molecular weight is 308 g/mol. The van der Waals surface area contributed by atoms with Crippen LogP contribution in [0.25, 0.3) is 0 Å². The minimum absolute atomic E-state index is 0.128. The zero-order valence-electron chi connectivity index (χ0n) is 12.4. The van der Waals surface area contributed by atoms with E-state index in [1.54, 1.807) is 24.3 Å². The summed E-state index contributed by atoms with van der Waals surface area (Å²) in [5.74, 6) is -1.45. The zero-order chi connectivity index (χ0) is 16.7. The van der Waals surface area contributed by atoms with Crippen LogP contribution in [0.4, 0.5) is 0 Å². The summed E-state index contributed by atoms with van der Waals surface area (Å²) in [6.45, 7) is 0. The maximum atomic E-state index is 12.0. The molecule has 5 heteroatoms. The molecule has 116 valence electrons. The lowest BCUT2D eigenvalue weighted by Crippen LogP contribution is -2.43. The van der Waals surface area contributed by atoms with E-state index >= 15 is 0 Å². The minimum Gasteiger partial charge on any atom is -0.480 e. The molecule has 2 N–H and O–H groups in total. The van der Waals surface area contributed by atoms with Crippen LogP contribution in [0, 0.1) is 11.3 Å². The van der Waals surface area contributed by atoms with Crippen LogP contribution in [0.1, 0.15) is 16.7 Å². The number of nitriles is 1. The van der Waals surface area contributed by atoms with E-state index in [0.717, 1.165) is 5.56 Å². The molecule has 2 aromatic rings. The lowest BCUT2D eigenvalue weighted by Gasteiger charge is -2.15. The molecule has 5 nitrogen and oxygen atoms in total. The van der Waals surface area contributed by atoms with Crippen molar-refractivity contribution in [3.8, 4) is 6.07 Å². The van der Waals surface area contributed by atoms with Crippen LogP contribution in [0.5, 0.6) is 0 Å². The van der Waals surface area contributed by atoms with Crippen molar-refractivity contribution in [1.29, 1.82) is 5.26 Å². The molecule has 0 aliphatic carbocycles. The highest BCUT2D eigenvalue weighted by atomic mass is 16.4. The van der Waals surface area contributed by atoms with Crippen LogP contribution in [0.3, 0.4) is 0 Å². The van der Waals surface area contributed by atoms with Gasteiger partial charge in [-0.15, -0.1) is 0 Å². The summed E-state index contributed by atoms with van der Waals surface area (Å²) >= 11 is 0. The molecule has 0 radical (unpaired) electrons. The molecular weight excluding hydrogens is 292 g/mol. The number of nitrogens with one attached hydrogen (secondary N) is 1. The summed E-state index contributed by atoms with van der Waals surface area (Å²) < 4.78 is 0. The molecule has 0 saturated heterocycles. The van der Waals surface area contributed by atoms with E-state index in [4.69, 9.17) is 5.26 Å². The van der Waals surface area contributed by atoms with Crippen LogP contribution in [0.15, 0.2) is 54.6 Å². The number of hydrogen-bond donors (Lipinski definition) is 2. The Morgan fingerprint density at radius 3 is 2.43 bits per heavy atom. The second-order valence-corrected chi connectivity index (χ2v) is 5.14.